The zero-order chi connectivity index (χ0) is 14.1. The minimum atomic E-state index is -2.58. The summed E-state index contributed by atoms with van der Waals surface area (Å²) < 4.78 is 4.73. The SMILES string of the molecule is OC[C@@H](O)[C@@H](O)[C@@H]1O[C@@](O)(CO)[C@@H](O)[C@H](O)[C@H]1O. The summed E-state index contributed by atoms with van der Waals surface area (Å²) >= 11 is 0. The smallest absolute Gasteiger partial charge is 0.219 e. The zero-order valence-electron chi connectivity index (χ0n) is 9.36. The van der Waals surface area contributed by atoms with Gasteiger partial charge in [0.05, 0.1) is 13.2 Å². The number of rotatable bonds is 4. The predicted molar refractivity (Wildman–Crippen MR) is 54.0 cm³/mol. The Bertz CT molecular complexity index is 271. The van der Waals surface area contributed by atoms with Crippen LogP contribution < -0.4 is 0 Å². The van der Waals surface area contributed by atoms with Gasteiger partial charge in [0, 0.05) is 0 Å². The van der Waals surface area contributed by atoms with E-state index < -0.39 is 55.6 Å². The Morgan fingerprint density at radius 3 is 2.06 bits per heavy atom. The topological polar surface area (TPSA) is 171 Å². The molecule has 1 aliphatic rings. The van der Waals surface area contributed by atoms with Crippen LogP contribution in [0, 0.1) is 0 Å². The average molecular weight is 270 g/mol. The van der Waals surface area contributed by atoms with E-state index in [0.29, 0.717) is 0 Å². The van der Waals surface area contributed by atoms with Crippen LogP contribution in [0.5, 0.6) is 0 Å². The molecule has 0 bridgehead atoms. The highest BCUT2D eigenvalue weighted by molar-refractivity contribution is 4.99. The van der Waals surface area contributed by atoms with E-state index in [9.17, 15) is 30.6 Å². The third-order valence-electron chi connectivity index (χ3n) is 2.96. The molecule has 0 aliphatic carbocycles. The van der Waals surface area contributed by atoms with Gasteiger partial charge in [0.15, 0.2) is 0 Å². The van der Waals surface area contributed by atoms with E-state index in [1.165, 1.54) is 0 Å². The van der Waals surface area contributed by atoms with Crippen LogP contribution in [0.25, 0.3) is 0 Å². The maximum Gasteiger partial charge on any atom is 0.219 e. The highest BCUT2D eigenvalue weighted by Gasteiger charge is 2.54. The van der Waals surface area contributed by atoms with Crippen LogP contribution in [-0.4, -0.2) is 96.5 Å². The van der Waals surface area contributed by atoms with Crippen molar-refractivity contribution in [3.05, 3.63) is 0 Å². The molecule has 0 aromatic rings. The van der Waals surface area contributed by atoms with Gasteiger partial charge in [-0.05, 0) is 0 Å². The standard InChI is InChI=1S/C9H18O9/c10-1-3(12)4(13)7-5(14)6(15)8(16)9(17,2-11)18-7/h3-8,10-17H,1-2H2/t3-,4-,5-,6-,7+,8+,9+/m1/s1. The molecule has 0 saturated carbocycles. The van der Waals surface area contributed by atoms with Crippen LogP contribution in [0.4, 0.5) is 0 Å². The molecule has 1 heterocycles. The van der Waals surface area contributed by atoms with Crippen molar-refractivity contribution in [1.82, 2.24) is 0 Å². The van der Waals surface area contributed by atoms with Crippen LogP contribution in [-0.2, 0) is 4.74 Å². The lowest BCUT2D eigenvalue weighted by Gasteiger charge is -2.46. The minimum Gasteiger partial charge on any atom is -0.394 e. The van der Waals surface area contributed by atoms with E-state index in [4.69, 9.17) is 14.9 Å². The van der Waals surface area contributed by atoms with Crippen molar-refractivity contribution in [2.24, 2.45) is 0 Å². The molecule has 1 saturated heterocycles. The van der Waals surface area contributed by atoms with Crippen molar-refractivity contribution >= 4 is 0 Å². The van der Waals surface area contributed by atoms with Crippen molar-refractivity contribution in [3.8, 4) is 0 Å². The number of aliphatic hydroxyl groups is 8. The molecule has 0 unspecified atom stereocenters. The van der Waals surface area contributed by atoms with Gasteiger partial charge in [-0.2, -0.15) is 0 Å². The third-order valence-corrected chi connectivity index (χ3v) is 2.96. The van der Waals surface area contributed by atoms with Crippen LogP contribution in [0.15, 0.2) is 0 Å². The summed E-state index contributed by atoms with van der Waals surface area (Å²) in [5.41, 5.74) is 0. The summed E-state index contributed by atoms with van der Waals surface area (Å²) in [6, 6.07) is 0. The highest BCUT2D eigenvalue weighted by Crippen LogP contribution is 2.30. The second kappa shape index (κ2) is 5.74. The highest BCUT2D eigenvalue weighted by atomic mass is 16.7. The molecular weight excluding hydrogens is 252 g/mol. The number of ether oxygens (including phenoxy) is 1. The molecule has 1 rings (SSSR count). The first-order valence-corrected chi connectivity index (χ1v) is 5.30. The number of hydrogen-bond acceptors (Lipinski definition) is 9. The molecule has 7 atom stereocenters. The zero-order valence-corrected chi connectivity index (χ0v) is 9.36. The van der Waals surface area contributed by atoms with Crippen molar-refractivity contribution in [2.75, 3.05) is 13.2 Å². The van der Waals surface area contributed by atoms with Gasteiger partial charge >= 0.3 is 0 Å². The Labute approximate surface area is 102 Å². The maximum atomic E-state index is 9.66. The van der Waals surface area contributed by atoms with Crippen LogP contribution in [0.1, 0.15) is 0 Å². The Morgan fingerprint density at radius 1 is 1.06 bits per heavy atom. The van der Waals surface area contributed by atoms with Gasteiger partial charge in [-0.15, -0.1) is 0 Å². The minimum absolute atomic E-state index is 0.843. The first-order valence-electron chi connectivity index (χ1n) is 5.30. The lowest BCUT2D eigenvalue weighted by Crippen LogP contribution is -2.69. The van der Waals surface area contributed by atoms with Crippen LogP contribution in [0.3, 0.4) is 0 Å². The van der Waals surface area contributed by atoms with Gasteiger partial charge in [0.2, 0.25) is 5.79 Å². The lowest BCUT2D eigenvalue weighted by molar-refractivity contribution is -0.368. The Hall–Kier alpha value is -0.360. The van der Waals surface area contributed by atoms with Gasteiger partial charge in [-0.25, -0.2) is 0 Å². The van der Waals surface area contributed by atoms with Gasteiger partial charge in [0.1, 0.15) is 36.6 Å². The quantitative estimate of drug-likeness (QED) is 0.249. The van der Waals surface area contributed by atoms with Gasteiger partial charge < -0.3 is 45.6 Å². The molecule has 0 amide bonds. The summed E-state index contributed by atoms with van der Waals surface area (Å²) in [5.74, 6) is -2.58. The van der Waals surface area contributed by atoms with E-state index in [0.717, 1.165) is 0 Å². The molecule has 0 radical (unpaired) electrons. The van der Waals surface area contributed by atoms with Gasteiger partial charge in [-0.1, -0.05) is 0 Å². The van der Waals surface area contributed by atoms with Crippen LogP contribution >= 0.6 is 0 Å². The molecule has 1 fully saturated rings. The van der Waals surface area contributed by atoms with Crippen LogP contribution in [0.2, 0.25) is 0 Å². The molecular formula is C9H18O9. The van der Waals surface area contributed by atoms with E-state index >= 15 is 0 Å². The third kappa shape index (κ3) is 2.64. The van der Waals surface area contributed by atoms with E-state index in [-0.39, 0.29) is 0 Å². The van der Waals surface area contributed by atoms with E-state index in [1.54, 1.807) is 0 Å². The summed E-state index contributed by atoms with van der Waals surface area (Å²) in [4.78, 5) is 0. The molecule has 108 valence electrons. The molecule has 9 nitrogen and oxygen atoms in total. The van der Waals surface area contributed by atoms with Crippen molar-refractivity contribution < 1.29 is 45.6 Å². The van der Waals surface area contributed by atoms with Crippen molar-refractivity contribution in [3.63, 3.8) is 0 Å². The van der Waals surface area contributed by atoms with Crippen molar-refractivity contribution in [1.29, 1.82) is 0 Å². The molecule has 9 heteroatoms. The second-order valence-electron chi connectivity index (χ2n) is 4.25. The van der Waals surface area contributed by atoms with E-state index in [2.05, 4.69) is 0 Å². The molecule has 18 heavy (non-hydrogen) atoms. The summed E-state index contributed by atoms with van der Waals surface area (Å²) in [6.45, 7) is -1.94. The molecule has 8 N–H and O–H groups in total. The first-order chi connectivity index (χ1) is 8.28. The Kier molecular flexibility index (Phi) is 5.00. The van der Waals surface area contributed by atoms with E-state index in [1.807, 2.05) is 0 Å². The fourth-order valence-electron chi connectivity index (χ4n) is 1.75. The Balaban J connectivity index is 2.92. The molecule has 0 spiro atoms. The largest absolute Gasteiger partial charge is 0.394 e. The van der Waals surface area contributed by atoms with Gasteiger partial charge in [0.25, 0.3) is 0 Å². The normalized spacial score (nSPS) is 44.7. The average Bonchev–Trinajstić information content (AvgIpc) is 2.38. The predicted octanol–water partition coefficient (Wildman–Crippen LogP) is -5.14. The first kappa shape index (κ1) is 15.7. The summed E-state index contributed by atoms with van der Waals surface area (Å²) in [6.07, 6.45) is -10.9. The number of hydrogen-bond donors (Lipinski definition) is 8. The molecule has 0 aromatic heterocycles. The summed E-state index contributed by atoms with van der Waals surface area (Å²) in [5, 5.41) is 74.5. The maximum absolute atomic E-state index is 9.66. The van der Waals surface area contributed by atoms with Gasteiger partial charge in [-0.3, -0.25) is 0 Å². The molecule has 0 aromatic carbocycles. The number of aliphatic hydroxyl groups excluding tert-OH is 7. The Morgan fingerprint density at radius 2 is 1.61 bits per heavy atom. The summed E-state index contributed by atoms with van der Waals surface area (Å²) in [7, 11) is 0. The van der Waals surface area contributed by atoms with Crippen molar-refractivity contribution in [2.45, 2.75) is 42.4 Å². The fraction of sp³-hybridized carbons (Fsp3) is 1.00. The lowest BCUT2D eigenvalue weighted by atomic mass is 9.89. The monoisotopic (exact) mass is 270 g/mol. The second-order valence-corrected chi connectivity index (χ2v) is 4.25. The molecule has 1 aliphatic heterocycles. The fourth-order valence-corrected chi connectivity index (χ4v) is 1.75.